The number of benzene rings is 1. The summed E-state index contributed by atoms with van der Waals surface area (Å²) in [4.78, 5) is 7.15. The van der Waals surface area contributed by atoms with Crippen molar-refractivity contribution in [2.75, 3.05) is 20.2 Å². The average molecular weight is 284 g/mol. The van der Waals surface area contributed by atoms with Crippen molar-refractivity contribution in [3.05, 3.63) is 47.7 Å². The highest BCUT2D eigenvalue weighted by Crippen LogP contribution is 2.22. The topological polar surface area (TPSA) is 25.4 Å². The van der Waals surface area contributed by atoms with Gasteiger partial charge in [-0.15, -0.1) is 0 Å². The SMILES string of the molecule is CCN(CC)Cc1ccc(-c2ccc(OC)cc2)nc1C. The molecule has 0 unspecified atom stereocenters. The van der Waals surface area contributed by atoms with Crippen molar-refractivity contribution >= 4 is 0 Å². The molecule has 3 nitrogen and oxygen atoms in total. The molecule has 1 aromatic heterocycles. The minimum atomic E-state index is 0.869. The molecule has 112 valence electrons. The molecular weight excluding hydrogens is 260 g/mol. The van der Waals surface area contributed by atoms with E-state index in [0.717, 1.165) is 42.3 Å². The van der Waals surface area contributed by atoms with Gasteiger partial charge in [-0.2, -0.15) is 0 Å². The van der Waals surface area contributed by atoms with E-state index in [1.54, 1.807) is 7.11 Å². The molecule has 0 saturated heterocycles. The monoisotopic (exact) mass is 284 g/mol. The van der Waals surface area contributed by atoms with E-state index in [-0.39, 0.29) is 0 Å². The molecule has 1 aromatic carbocycles. The standard InChI is InChI=1S/C18H24N2O/c1-5-20(6-2)13-16-9-12-18(19-14(16)3)15-7-10-17(21-4)11-8-15/h7-12H,5-6,13H2,1-4H3. The summed E-state index contributed by atoms with van der Waals surface area (Å²) in [6.45, 7) is 9.57. The molecule has 2 rings (SSSR count). The van der Waals surface area contributed by atoms with E-state index in [2.05, 4.69) is 37.8 Å². The number of aryl methyl sites for hydroxylation is 1. The molecule has 0 bridgehead atoms. The van der Waals surface area contributed by atoms with Crippen LogP contribution in [0.5, 0.6) is 5.75 Å². The zero-order valence-electron chi connectivity index (χ0n) is 13.4. The summed E-state index contributed by atoms with van der Waals surface area (Å²) < 4.78 is 5.19. The molecule has 2 aromatic rings. The van der Waals surface area contributed by atoms with E-state index in [0.29, 0.717) is 0 Å². The first-order chi connectivity index (χ1) is 10.2. The Morgan fingerprint density at radius 2 is 1.67 bits per heavy atom. The number of methoxy groups -OCH3 is 1. The van der Waals surface area contributed by atoms with Crippen molar-refractivity contribution in [3.63, 3.8) is 0 Å². The minimum Gasteiger partial charge on any atom is -0.497 e. The van der Waals surface area contributed by atoms with Gasteiger partial charge in [-0.05, 0) is 55.9 Å². The Kier molecular flexibility index (Phi) is 5.34. The third kappa shape index (κ3) is 3.82. The van der Waals surface area contributed by atoms with Crippen molar-refractivity contribution < 1.29 is 4.74 Å². The van der Waals surface area contributed by atoms with E-state index in [9.17, 15) is 0 Å². The zero-order chi connectivity index (χ0) is 15.2. The summed E-state index contributed by atoms with van der Waals surface area (Å²) in [6.07, 6.45) is 0. The molecular formula is C18H24N2O. The Hall–Kier alpha value is -1.87. The Labute approximate surface area is 127 Å². The van der Waals surface area contributed by atoms with Crippen LogP contribution < -0.4 is 4.74 Å². The lowest BCUT2D eigenvalue weighted by Gasteiger charge is -2.19. The van der Waals surface area contributed by atoms with E-state index in [1.807, 2.05) is 24.3 Å². The van der Waals surface area contributed by atoms with Gasteiger partial charge in [0.15, 0.2) is 0 Å². The number of ether oxygens (including phenoxy) is 1. The molecule has 0 aliphatic heterocycles. The van der Waals surface area contributed by atoms with Gasteiger partial charge in [-0.1, -0.05) is 19.9 Å². The van der Waals surface area contributed by atoms with Gasteiger partial charge in [-0.3, -0.25) is 9.88 Å². The maximum absolute atomic E-state index is 5.19. The summed E-state index contributed by atoms with van der Waals surface area (Å²) >= 11 is 0. The Morgan fingerprint density at radius 3 is 2.19 bits per heavy atom. The van der Waals surface area contributed by atoms with Gasteiger partial charge in [0.1, 0.15) is 5.75 Å². The van der Waals surface area contributed by atoms with Crippen LogP contribution in [0, 0.1) is 6.92 Å². The van der Waals surface area contributed by atoms with Crippen LogP contribution in [-0.4, -0.2) is 30.1 Å². The molecule has 0 aliphatic rings. The predicted molar refractivity (Wildman–Crippen MR) is 87.6 cm³/mol. The van der Waals surface area contributed by atoms with Gasteiger partial charge < -0.3 is 4.74 Å². The lowest BCUT2D eigenvalue weighted by atomic mass is 10.1. The molecule has 21 heavy (non-hydrogen) atoms. The highest BCUT2D eigenvalue weighted by molar-refractivity contribution is 5.60. The van der Waals surface area contributed by atoms with Crippen molar-refractivity contribution in [1.29, 1.82) is 0 Å². The number of aromatic nitrogens is 1. The van der Waals surface area contributed by atoms with Gasteiger partial charge in [0.05, 0.1) is 12.8 Å². The van der Waals surface area contributed by atoms with Gasteiger partial charge in [0.2, 0.25) is 0 Å². The third-order valence-electron chi connectivity index (χ3n) is 3.87. The Morgan fingerprint density at radius 1 is 1.00 bits per heavy atom. The smallest absolute Gasteiger partial charge is 0.118 e. The number of hydrogen-bond donors (Lipinski definition) is 0. The van der Waals surface area contributed by atoms with Gasteiger partial charge >= 0.3 is 0 Å². The second-order valence-electron chi connectivity index (χ2n) is 5.13. The minimum absolute atomic E-state index is 0.869. The van der Waals surface area contributed by atoms with Crippen LogP contribution in [0.3, 0.4) is 0 Å². The first kappa shape index (κ1) is 15.5. The van der Waals surface area contributed by atoms with Crippen LogP contribution in [0.2, 0.25) is 0 Å². The Balaban J connectivity index is 2.21. The number of nitrogens with zero attached hydrogens (tertiary/aromatic N) is 2. The second-order valence-corrected chi connectivity index (χ2v) is 5.13. The molecule has 0 radical (unpaired) electrons. The van der Waals surface area contributed by atoms with E-state index in [4.69, 9.17) is 9.72 Å². The summed E-state index contributed by atoms with van der Waals surface area (Å²) in [6, 6.07) is 12.3. The largest absolute Gasteiger partial charge is 0.497 e. The number of rotatable bonds is 6. The van der Waals surface area contributed by atoms with Crippen molar-refractivity contribution in [2.45, 2.75) is 27.3 Å². The van der Waals surface area contributed by atoms with Crippen LogP contribution >= 0.6 is 0 Å². The predicted octanol–water partition coefficient (Wildman–Crippen LogP) is 3.91. The van der Waals surface area contributed by atoms with Gasteiger partial charge in [0, 0.05) is 17.8 Å². The Bertz CT molecular complexity index is 574. The second kappa shape index (κ2) is 7.23. The van der Waals surface area contributed by atoms with Crippen LogP contribution in [-0.2, 0) is 6.54 Å². The number of pyridine rings is 1. The van der Waals surface area contributed by atoms with Crippen molar-refractivity contribution in [2.24, 2.45) is 0 Å². The molecule has 0 atom stereocenters. The fraction of sp³-hybridized carbons (Fsp3) is 0.389. The van der Waals surface area contributed by atoms with Crippen LogP contribution in [0.25, 0.3) is 11.3 Å². The zero-order valence-corrected chi connectivity index (χ0v) is 13.4. The van der Waals surface area contributed by atoms with Gasteiger partial charge in [0.25, 0.3) is 0 Å². The van der Waals surface area contributed by atoms with Crippen LogP contribution in [0.15, 0.2) is 36.4 Å². The molecule has 3 heteroatoms. The van der Waals surface area contributed by atoms with E-state index < -0.39 is 0 Å². The summed E-state index contributed by atoms with van der Waals surface area (Å²) in [5.74, 6) is 0.869. The molecule has 0 N–H and O–H groups in total. The van der Waals surface area contributed by atoms with Crippen molar-refractivity contribution in [1.82, 2.24) is 9.88 Å². The van der Waals surface area contributed by atoms with Crippen molar-refractivity contribution in [3.8, 4) is 17.0 Å². The van der Waals surface area contributed by atoms with E-state index >= 15 is 0 Å². The molecule has 0 fully saturated rings. The highest BCUT2D eigenvalue weighted by atomic mass is 16.5. The maximum Gasteiger partial charge on any atom is 0.118 e. The van der Waals surface area contributed by atoms with Crippen LogP contribution in [0.1, 0.15) is 25.1 Å². The van der Waals surface area contributed by atoms with E-state index in [1.165, 1.54) is 5.56 Å². The fourth-order valence-corrected chi connectivity index (χ4v) is 2.37. The maximum atomic E-state index is 5.19. The average Bonchev–Trinajstić information content (AvgIpc) is 2.54. The molecule has 1 heterocycles. The number of hydrogen-bond acceptors (Lipinski definition) is 3. The summed E-state index contributed by atoms with van der Waals surface area (Å²) in [5, 5.41) is 0. The van der Waals surface area contributed by atoms with Crippen LogP contribution in [0.4, 0.5) is 0 Å². The summed E-state index contributed by atoms with van der Waals surface area (Å²) in [5.41, 5.74) is 4.54. The molecule has 0 saturated carbocycles. The molecule has 0 amide bonds. The lowest BCUT2D eigenvalue weighted by molar-refractivity contribution is 0.295. The summed E-state index contributed by atoms with van der Waals surface area (Å²) in [7, 11) is 1.68. The quantitative estimate of drug-likeness (QED) is 0.804. The highest BCUT2D eigenvalue weighted by Gasteiger charge is 2.07. The third-order valence-corrected chi connectivity index (χ3v) is 3.87. The van der Waals surface area contributed by atoms with Gasteiger partial charge in [-0.25, -0.2) is 0 Å². The first-order valence-electron chi connectivity index (χ1n) is 7.51. The molecule has 0 aliphatic carbocycles. The molecule has 0 spiro atoms. The normalized spacial score (nSPS) is 10.9. The first-order valence-corrected chi connectivity index (χ1v) is 7.51. The lowest BCUT2D eigenvalue weighted by Crippen LogP contribution is -2.22. The fourth-order valence-electron chi connectivity index (χ4n) is 2.37.